The van der Waals surface area contributed by atoms with Crippen LogP contribution in [0.5, 0.6) is 0 Å². The summed E-state index contributed by atoms with van der Waals surface area (Å²) in [7, 11) is 0. The van der Waals surface area contributed by atoms with Gasteiger partial charge in [0.15, 0.2) is 0 Å². The molecule has 0 saturated carbocycles. The van der Waals surface area contributed by atoms with E-state index in [2.05, 4.69) is 29.1 Å². The maximum atomic E-state index is 5.50. The second kappa shape index (κ2) is 4.64. The van der Waals surface area contributed by atoms with E-state index in [4.69, 9.17) is 5.73 Å². The number of hydrogen-bond acceptors (Lipinski definition) is 4. The Hall–Kier alpha value is -1.32. The second-order valence-corrected chi connectivity index (χ2v) is 3.41. The molecule has 1 aromatic heterocycles. The molecule has 4 nitrogen and oxygen atoms in total. The number of nitrogens with zero attached hydrogens (tertiary/aromatic N) is 2. The monoisotopic (exact) mass is 180 g/mol. The zero-order chi connectivity index (χ0) is 9.68. The summed E-state index contributed by atoms with van der Waals surface area (Å²) >= 11 is 0. The largest absolute Gasteiger partial charge is 0.384 e. The fourth-order valence-electron chi connectivity index (χ4n) is 0.930. The lowest BCUT2D eigenvalue weighted by molar-refractivity contribution is 0.606. The van der Waals surface area contributed by atoms with Gasteiger partial charge in [-0.15, -0.1) is 0 Å². The lowest BCUT2D eigenvalue weighted by Gasteiger charge is -2.06. The van der Waals surface area contributed by atoms with Gasteiger partial charge in [-0.2, -0.15) is 4.98 Å². The summed E-state index contributed by atoms with van der Waals surface area (Å²) in [5, 5.41) is 3.11. The Morgan fingerprint density at radius 3 is 2.92 bits per heavy atom. The Balaban J connectivity index is 2.37. The number of nitrogens with one attached hydrogen (secondary N) is 1. The van der Waals surface area contributed by atoms with Gasteiger partial charge < -0.3 is 11.1 Å². The molecule has 0 aliphatic carbocycles. The SMILES string of the molecule is CC(C)CCNc1nccc(N)n1. The summed E-state index contributed by atoms with van der Waals surface area (Å²) in [4.78, 5) is 8.06. The average molecular weight is 180 g/mol. The number of aromatic nitrogens is 2. The van der Waals surface area contributed by atoms with Crippen molar-refractivity contribution in [3.05, 3.63) is 12.3 Å². The van der Waals surface area contributed by atoms with Crippen LogP contribution in [0.1, 0.15) is 20.3 Å². The Bertz CT molecular complexity index is 260. The van der Waals surface area contributed by atoms with Crippen molar-refractivity contribution in [3.8, 4) is 0 Å². The highest BCUT2D eigenvalue weighted by Gasteiger charge is 1.96. The van der Waals surface area contributed by atoms with Crippen LogP contribution in [0.25, 0.3) is 0 Å². The van der Waals surface area contributed by atoms with Crippen molar-refractivity contribution in [2.24, 2.45) is 5.92 Å². The number of nitrogen functional groups attached to an aromatic ring is 1. The van der Waals surface area contributed by atoms with Crippen LogP contribution in [0.15, 0.2) is 12.3 Å². The van der Waals surface area contributed by atoms with Crippen LogP contribution in [0.2, 0.25) is 0 Å². The summed E-state index contributed by atoms with van der Waals surface area (Å²) in [5.74, 6) is 1.80. The molecular formula is C9H16N4. The van der Waals surface area contributed by atoms with Crippen LogP contribution < -0.4 is 11.1 Å². The molecule has 4 heteroatoms. The molecule has 0 aromatic carbocycles. The minimum Gasteiger partial charge on any atom is -0.384 e. The minimum absolute atomic E-state index is 0.502. The van der Waals surface area contributed by atoms with Crippen LogP contribution in [-0.2, 0) is 0 Å². The fourth-order valence-corrected chi connectivity index (χ4v) is 0.930. The highest BCUT2D eigenvalue weighted by atomic mass is 15.1. The van der Waals surface area contributed by atoms with Gasteiger partial charge >= 0.3 is 0 Å². The van der Waals surface area contributed by atoms with Crippen molar-refractivity contribution in [2.45, 2.75) is 20.3 Å². The first-order valence-corrected chi connectivity index (χ1v) is 4.51. The highest BCUT2D eigenvalue weighted by molar-refractivity contribution is 5.34. The Morgan fingerprint density at radius 2 is 2.31 bits per heavy atom. The number of rotatable bonds is 4. The van der Waals surface area contributed by atoms with Crippen molar-refractivity contribution in [3.63, 3.8) is 0 Å². The molecule has 0 spiro atoms. The van der Waals surface area contributed by atoms with Crippen molar-refractivity contribution < 1.29 is 0 Å². The Labute approximate surface area is 78.6 Å². The van der Waals surface area contributed by atoms with E-state index in [9.17, 15) is 0 Å². The first-order valence-electron chi connectivity index (χ1n) is 4.51. The Kier molecular flexibility index (Phi) is 3.49. The first kappa shape index (κ1) is 9.77. The van der Waals surface area contributed by atoms with Crippen molar-refractivity contribution in [1.29, 1.82) is 0 Å². The van der Waals surface area contributed by atoms with E-state index < -0.39 is 0 Å². The molecule has 0 atom stereocenters. The van der Waals surface area contributed by atoms with E-state index in [1.165, 1.54) is 0 Å². The molecule has 3 N–H and O–H groups in total. The second-order valence-electron chi connectivity index (χ2n) is 3.41. The van der Waals surface area contributed by atoms with Gasteiger partial charge in [-0.1, -0.05) is 13.8 Å². The van der Waals surface area contributed by atoms with Crippen molar-refractivity contribution >= 4 is 11.8 Å². The molecule has 0 radical (unpaired) electrons. The molecule has 1 rings (SSSR count). The van der Waals surface area contributed by atoms with E-state index >= 15 is 0 Å². The van der Waals surface area contributed by atoms with Gasteiger partial charge in [0.05, 0.1) is 0 Å². The molecule has 1 heterocycles. The van der Waals surface area contributed by atoms with Gasteiger partial charge in [0, 0.05) is 12.7 Å². The number of hydrogen-bond donors (Lipinski definition) is 2. The molecule has 1 aromatic rings. The molecule has 13 heavy (non-hydrogen) atoms. The summed E-state index contributed by atoms with van der Waals surface area (Å²) in [6.45, 7) is 5.25. The Morgan fingerprint density at radius 1 is 1.54 bits per heavy atom. The zero-order valence-electron chi connectivity index (χ0n) is 8.12. The van der Waals surface area contributed by atoms with Crippen LogP contribution >= 0.6 is 0 Å². The summed E-state index contributed by atoms with van der Waals surface area (Å²) in [5.41, 5.74) is 5.50. The van der Waals surface area contributed by atoms with Crippen LogP contribution in [0.4, 0.5) is 11.8 Å². The zero-order valence-corrected chi connectivity index (χ0v) is 8.12. The third-order valence-electron chi connectivity index (χ3n) is 1.68. The third kappa shape index (κ3) is 3.73. The predicted octanol–water partition coefficient (Wildman–Crippen LogP) is 1.52. The molecule has 0 bridgehead atoms. The number of anilines is 2. The van der Waals surface area contributed by atoms with E-state index in [1.807, 2.05) is 0 Å². The lowest BCUT2D eigenvalue weighted by atomic mass is 10.1. The molecule has 0 aliphatic rings. The van der Waals surface area contributed by atoms with Crippen LogP contribution in [0.3, 0.4) is 0 Å². The quantitative estimate of drug-likeness (QED) is 0.737. The van der Waals surface area contributed by atoms with E-state index in [1.54, 1.807) is 12.3 Å². The van der Waals surface area contributed by atoms with E-state index in [-0.39, 0.29) is 0 Å². The third-order valence-corrected chi connectivity index (χ3v) is 1.68. The fraction of sp³-hybridized carbons (Fsp3) is 0.556. The highest BCUT2D eigenvalue weighted by Crippen LogP contribution is 2.03. The van der Waals surface area contributed by atoms with Gasteiger partial charge in [-0.3, -0.25) is 0 Å². The maximum Gasteiger partial charge on any atom is 0.224 e. The van der Waals surface area contributed by atoms with Crippen molar-refractivity contribution in [2.75, 3.05) is 17.6 Å². The van der Waals surface area contributed by atoms with Crippen LogP contribution in [0, 0.1) is 5.92 Å². The van der Waals surface area contributed by atoms with Gasteiger partial charge in [0.1, 0.15) is 5.82 Å². The minimum atomic E-state index is 0.502. The van der Waals surface area contributed by atoms with Crippen molar-refractivity contribution in [1.82, 2.24) is 9.97 Å². The standard InChI is InChI=1S/C9H16N4/c1-7(2)3-5-11-9-12-6-4-8(10)13-9/h4,6-7H,3,5H2,1-2H3,(H3,10,11,12,13). The smallest absolute Gasteiger partial charge is 0.224 e. The summed E-state index contributed by atoms with van der Waals surface area (Å²) in [6.07, 6.45) is 2.76. The first-order chi connectivity index (χ1) is 6.18. The maximum absolute atomic E-state index is 5.50. The summed E-state index contributed by atoms with van der Waals surface area (Å²) in [6, 6.07) is 1.67. The summed E-state index contributed by atoms with van der Waals surface area (Å²) < 4.78 is 0. The van der Waals surface area contributed by atoms with Crippen LogP contribution in [-0.4, -0.2) is 16.5 Å². The number of nitrogens with two attached hydrogens (primary N) is 1. The van der Waals surface area contributed by atoms with E-state index in [0.29, 0.717) is 17.7 Å². The van der Waals surface area contributed by atoms with Gasteiger partial charge in [-0.05, 0) is 18.4 Å². The average Bonchev–Trinajstić information content (AvgIpc) is 2.03. The molecule has 0 fully saturated rings. The van der Waals surface area contributed by atoms with Gasteiger partial charge in [0.25, 0.3) is 0 Å². The normalized spacial score (nSPS) is 10.4. The van der Waals surface area contributed by atoms with E-state index in [0.717, 1.165) is 13.0 Å². The van der Waals surface area contributed by atoms with Gasteiger partial charge in [0.2, 0.25) is 5.95 Å². The molecule has 0 unspecified atom stereocenters. The lowest BCUT2D eigenvalue weighted by Crippen LogP contribution is -2.08. The topological polar surface area (TPSA) is 63.8 Å². The van der Waals surface area contributed by atoms with Gasteiger partial charge in [-0.25, -0.2) is 4.98 Å². The molecule has 0 aliphatic heterocycles. The molecular weight excluding hydrogens is 164 g/mol. The molecule has 72 valence electrons. The molecule has 0 amide bonds. The molecule has 0 saturated heterocycles. The predicted molar refractivity (Wildman–Crippen MR) is 54.4 cm³/mol.